The number of alkyl halides is 2. The minimum Gasteiger partial charge on any atom is -0.497 e. The first-order chi connectivity index (χ1) is 15.0. The maximum Gasteiger partial charge on any atom is 0.387 e. The molecule has 0 radical (unpaired) electrons. The Balaban J connectivity index is 1.54. The number of methoxy groups -OCH3 is 1. The van der Waals surface area contributed by atoms with E-state index in [1.54, 1.807) is 31.3 Å². The Bertz CT molecular complexity index is 887. The van der Waals surface area contributed by atoms with Crippen LogP contribution in [0.1, 0.15) is 18.4 Å². The molecule has 0 saturated carbocycles. The second-order valence-electron chi connectivity index (χ2n) is 7.16. The van der Waals surface area contributed by atoms with Crippen LogP contribution in [0, 0.1) is 5.82 Å². The monoisotopic (exact) mass is 436 g/mol. The predicted octanol–water partition coefficient (Wildman–Crippen LogP) is 3.77. The van der Waals surface area contributed by atoms with Gasteiger partial charge in [0.05, 0.1) is 7.11 Å². The van der Waals surface area contributed by atoms with Crippen LogP contribution in [0.15, 0.2) is 47.5 Å². The van der Waals surface area contributed by atoms with Crippen molar-refractivity contribution in [2.24, 2.45) is 4.99 Å². The van der Waals surface area contributed by atoms with Gasteiger partial charge in [0, 0.05) is 50.0 Å². The Morgan fingerprint density at radius 3 is 2.61 bits per heavy atom. The van der Waals surface area contributed by atoms with E-state index >= 15 is 0 Å². The molecule has 0 amide bonds. The van der Waals surface area contributed by atoms with Crippen LogP contribution in [-0.2, 0) is 6.54 Å². The molecule has 1 fully saturated rings. The van der Waals surface area contributed by atoms with Crippen molar-refractivity contribution in [3.63, 3.8) is 0 Å². The summed E-state index contributed by atoms with van der Waals surface area (Å²) in [6.07, 6.45) is 1.72. The number of guanidine groups is 1. The molecule has 0 spiro atoms. The second-order valence-corrected chi connectivity index (χ2v) is 7.16. The Morgan fingerprint density at radius 2 is 1.97 bits per heavy atom. The lowest BCUT2D eigenvalue weighted by atomic mass is 10.0. The van der Waals surface area contributed by atoms with Gasteiger partial charge in [-0.2, -0.15) is 8.78 Å². The summed E-state index contributed by atoms with van der Waals surface area (Å²) in [7, 11) is 3.12. The summed E-state index contributed by atoms with van der Waals surface area (Å²) in [5.41, 5.74) is 1.44. The van der Waals surface area contributed by atoms with E-state index in [-0.39, 0.29) is 24.2 Å². The van der Waals surface area contributed by atoms with Gasteiger partial charge in [-0.05, 0) is 43.2 Å². The summed E-state index contributed by atoms with van der Waals surface area (Å²) >= 11 is 0. The van der Waals surface area contributed by atoms with Gasteiger partial charge in [-0.15, -0.1) is 0 Å². The van der Waals surface area contributed by atoms with Crippen LogP contribution in [0.2, 0.25) is 0 Å². The number of nitrogens with zero attached hydrogens (tertiary/aromatic N) is 2. The van der Waals surface area contributed by atoms with Gasteiger partial charge in [0.1, 0.15) is 17.3 Å². The first-order valence-corrected chi connectivity index (χ1v) is 10.1. The first-order valence-electron chi connectivity index (χ1n) is 10.1. The van der Waals surface area contributed by atoms with Crippen molar-refractivity contribution in [1.29, 1.82) is 0 Å². The number of ether oxygens (including phenoxy) is 2. The van der Waals surface area contributed by atoms with Crippen molar-refractivity contribution in [2.45, 2.75) is 32.0 Å². The average Bonchev–Trinajstić information content (AvgIpc) is 2.77. The van der Waals surface area contributed by atoms with Gasteiger partial charge >= 0.3 is 6.61 Å². The molecule has 1 aliphatic rings. The van der Waals surface area contributed by atoms with E-state index in [9.17, 15) is 13.2 Å². The first kappa shape index (κ1) is 22.6. The van der Waals surface area contributed by atoms with Gasteiger partial charge < -0.3 is 25.0 Å². The zero-order valence-electron chi connectivity index (χ0n) is 17.6. The zero-order chi connectivity index (χ0) is 22.2. The molecule has 6 nitrogen and oxygen atoms in total. The molecule has 0 bridgehead atoms. The highest BCUT2D eigenvalue weighted by Gasteiger charge is 2.21. The van der Waals surface area contributed by atoms with E-state index in [2.05, 4.69) is 25.3 Å². The maximum atomic E-state index is 13.5. The smallest absolute Gasteiger partial charge is 0.387 e. The van der Waals surface area contributed by atoms with E-state index in [1.165, 1.54) is 19.2 Å². The highest BCUT2D eigenvalue weighted by Crippen LogP contribution is 2.26. The standard InChI is InChI=1S/C22H27F3N4O2/c1-26-22(27-14-15-6-7-19(30-2)13-20(15)31-21(24)25)28-17-8-10-29(11-9-17)18-5-3-4-16(23)12-18/h3-7,12-13,17,21H,8-11,14H2,1-2H3,(H2,26,27,28). The van der Waals surface area contributed by atoms with Gasteiger partial charge in [0.25, 0.3) is 0 Å². The number of hydrogen-bond donors (Lipinski definition) is 2. The Kier molecular flexibility index (Phi) is 7.86. The third kappa shape index (κ3) is 6.44. The minimum atomic E-state index is -2.92. The number of benzene rings is 2. The summed E-state index contributed by atoms with van der Waals surface area (Å²) in [6, 6.07) is 11.6. The van der Waals surface area contributed by atoms with Crippen molar-refractivity contribution in [3.05, 3.63) is 53.8 Å². The van der Waals surface area contributed by atoms with Gasteiger partial charge in [-0.1, -0.05) is 6.07 Å². The Hall–Kier alpha value is -3.10. The quantitative estimate of drug-likeness (QED) is 0.511. The highest BCUT2D eigenvalue weighted by atomic mass is 19.3. The lowest BCUT2D eigenvalue weighted by molar-refractivity contribution is -0.0505. The normalized spacial score (nSPS) is 15.2. The van der Waals surface area contributed by atoms with Crippen molar-refractivity contribution in [1.82, 2.24) is 10.6 Å². The number of anilines is 1. The number of rotatable bonds is 7. The van der Waals surface area contributed by atoms with E-state index < -0.39 is 6.61 Å². The van der Waals surface area contributed by atoms with E-state index in [0.717, 1.165) is 31.6 Å². The van der Waals surface area contributed by atoms with Crippen molar-refractivity contribution < 1.29 is 22.6 Å². The number of nitrogens with one attached hydrogen (secondary N) is 2. The maximum absolute atomic E-state index is 13.5. The lowest BCUT2D eigenvalue weighted by Gasteiger charge is -2.34. The average molecular weight is 436 g/mol. The van der Waals surface area contributed by atoms with Crippen LogP contribution >= 0.6 is 0 Å². The van der Waals surface area contributed by atoms with Crippen LogP contribution in [0.4, 0.5) is 18.9 Å². The number of halogens is 3. The van der Waals surface area contributed by atoms with Crippen LogP contribution in [0.5, 0.6) is 11.5 Å². The van der Waals surface area contributed by atoms with Crippen LogP contribution in [0.3, 0.4) is 0 Å². The van der Waals surface area contributed by atoms with Gasteiger partial charge in [0.15, 0.2) is 5.96 Å². The zero-order valence-corrected chi connectivity index (χ0v) is 17.6. The molecule has 0 atom stereocenters. The van der Waals surface area contributed by atoms with Crippen molar-refractivity contribution in [3.8, 4) is 11.5 Å². The van der Waals surface area contributed by atoms with E-state index in [4.69, 9.17) is 4.74 Å². The number of piperidine rings is 1. The Morgan fingerprint density at radius 1 is 1.19 bits per heavy atom. The number of aliphatic imine (C=N–C) groups is 1. The third-order valence-electron chi connectivity index (χ3n) is 5.17. The molecule has 3 rings (SSSR count). The topological polar surface area (TPSA) is 58.1 Å². The molecule has 0 aliphatic carbocycles. The highest BCUT2D eigenvalue weighted by molar-refractivity contribution is 5.80. The largest absolute Gasteiger partial charge is 0.497 e. The van der Waals surface area contributed by atoms with Gasteiger partial charge in [0.2, 0.25) is 0 Å². The molecular weight excluding hydrogens is 409 g/mol. The fourth-order valence-electron chi connectivity index (χ4n) is 3.54. The van der Waals surface area contributed by atoms with E-state index in [0.29, 0.717) is 17.3 Å². The molecule has 168 valence electrons. The van der Waals surface area contributed by atoms with Gasteiger partial charge in [-0.25, -0.2) is 4.39 Å². The van der Waals surface area contributed by atoms with Gasteiger partial charge in [-0.3, -0.25) is 4.99 Å². The molecule has 0 unspecified atom stereocenters. The van der Waals surface area contributed by atoms with E-state index in [1.807, 2.05) is 6.07 Å². The fraction of sp³-hybridized carbons (Fsp3) is 0.409. The summed E-state index contributed by atoms with van der Waals surface area (Å²) in [5, 5.41) is 6.51. The molecule has 2 aromatic rings. The number of hydrogen-bond acceptors (Lipinski definition) is 4. The fourth-order valence-corrected chi connectivity index (χ4v) is 3.54. The predicted molar refractivity (Wildman–Crippen MR) is 115 cm³/mol. The SMILES string of the molecule is CN=C(NCc1ccc(OC)cc1OC(F)F)NC1CCN(c2cccc(F)c2)CC1. The molecule has 9 heteroatoms. The molecule has 2 aromatic carbocycles. The van der Waals surface area contributed by atoms with Crippen LogP contribution in [0.25, 0.3) is 0 Å². The molecule has 31 heavy (non-hydrogen) atoms. The molecule has 1 aliphatic heterocycles. The second kappa shape index (κ2) is 10.8. The molecule has 0 aromatic heterocycles. The molecular formula is C22H27F3N4O2. The lowest BCUT2D eigenvalue weighted by Crippen LogP contribution is -2.48. The molecule has 1 heterocycles. The van der Waals surface area contributed by atoms with Crippen LogP contribution < -0.4 is 25.0 Å². The molecule has 2 N–H and O–H groups in total. The van der Waals surface area contributed by atoms with Crippen molar-refractivity contribution in [2.75, 3.05) is 32.1 Å². The third-order valence-corrected chi connectivity index (χ3v) is 5.17. The minimum absolute atomic E-state index is 0.0562. The summed E-state index contributed by atoms with van der Waals surface area (Å²) < 4.78 is 48.6. The summed E-state index contributed by atoms with van der Waals surface area (Å²) in [5.74, 6) is 0.826. The molecule has 1 saturated heterocycles. The van der Waals surface area contributed by atoms with Crippen molar-refractivity contribution >= 4 is 11.6 Å². The van der Waals surface area contributed by atoms with Crippen LogP contribution in [-0.4, -0.2) is 45.9 Å². The summed E-state index contributed by atoms with van der Waals surface area (Å²) in [4.78, 5) is 6.38. The summed E-state index contributed by atoms with van der Waals surface area (Å²) in [6.45, 7) is -1.08. The Labute approximate surface area is 180 Å².